The van der Waals surface area contributed by atoms with Gasteiger partial charge < -0.3 is 15.1 Å². The summed E-state index contributed by atoms with van der Waals surface area (Å²) in [6.45, 7) is 0. The van der Waals surface area contributed by atoms with Crippen molar-refractivity contribution in [1.29, 1.82) is 0 Å². The third-order valence-corrected chi connectivity index (χ3v) is 13.1. The zero-order chi connectivity index (χ0) is 44.4. The molecule has 0 unspecified atom stereocenters. The van der Waals surface area contributed by atoms with Crippen molar-refractivity contribution in [2.24, 2.45) is 0 Å². The summed E-state index contributed by atoms with van der Waals surface area (Å²) in [6, 6.07) is 30.2. The minimum absolute atomic E-state index is 0. The van der Waals surface area contributed by atoms with Crippen LogP contribution < -0.4 is 0 Å². The first-order valence-corrected chi connectivity index (χ1v) is 23.0. The summed E-state index contributed by atoms with van der Waals surface area (Å²) < 4.78 is 101. The van der Waals surface area contributed by atoms with E-state index < -0.39 is 36.3 Å². The van der Waals surface area contributed by atoms with Crippen LogP contribution in [0.5, 0.6) is 0 Å². The van der Waals surface area contributed by atoms with E-state index in [1.165, 1.54) is 84.9 Å². The monoisotopic (exact) mass is 990 g/mol. The number of H-pyrrole nitrogens is 2. The average Bonchev–Trinajstić information content (AvgIpc) is 4.09. The van der Waals surface area contributed by atoms with Gasteiger partial charge in [0.1, 0.15) is 0 Å². The number of nitrogens with one attached hydrogen (secondary N) is 2. The SMILES string of the molecule is O=C(O)c1ccc(-c2c3nc(c(-c4ccc(S(=O)(=O)O)cc4)c4ccc([nH]4)c(-c4ccc(S(=O)(=O)O)cc4)c4nc(c(-c5ccc(S(=O)(=O)O)cc5)c5ccc2[nH]5)C=C4)C=C3)cc1.[Na].[Na].[Na].[Na]. The van der Waals surface area contributed by atoms with Gasteiger partial charge in [0.25, 0.3) is 30.4 Å². The second kappa shape index (κ2) is 21.4. The Labute approximate surface area is 472 Å². The number of aromatic nitrogens is 4. The first kappa shape index (κ1) is 54.6. The zero-order valence-electron chi connectivity index (χ0n) is 36.1. The van der Waals surface area contributed by atoms with Crippen LogP contribution in [0.4, 0.5) is 0 Å². The van der Waals surface area contributed by atoms with Gasteiger partial charge in [0, 0.05) is 163 Å². The van der Waals surface area contributed by atoms with E-state index in [1.54, 1.807) is 54.6 Å². The van der Waals surface area contributed by atoms with Gasteiger partial charge in [0.15, 0.2) is 0 Å². The van der Waals surface area contributed by atoms with Crippen LogP contribution in [-0.4, -0.2) is 188 Å². The topological polar surface area (TPSA) is 258 Å². The van der Waals surface area contributed by atoms with Crippen molar-refractivity contribution in [2.45, 2.75) is 14.7 Å². The van der Waals surface area contributed by atoms with Crippen molar-refractivity contribution < 1.29 is 48.8 Å². The van der Waals surface area contributed by atoms with Gasteiger partial charge in [-0.2, -0.15) is 25.3 Å². The fraction of sp³-hybridized carbons (Fsp3) is 0. The van der Waals surface area contributed by atoms with Crippen LogP contribution in [0, 0.1) is 0 Å². The van der Waals surface area contributed by atoms with E-state index in [-0.39, 0.29) is 138 Å². The molecule has 318 valence electrons. The van der Waals surface area contributed by atoms with Crippen molar-refractivity contribution in [3.8, 4) is 44.5 Å². The van der Waals surface area contributed by atoms with E-state index >= 15 is 0 Å². The predicted molar refractivity (Wildman–Crippen MR) is 260 cm³/mol. The Hall–Kier alpha value is -3.32. The number of carbonyl (C=O) groups is 1. The molecule has 7 aromatic rings. The third-order valence-electron chi connectivity index (χ3n) is 10.5. The normalized spacial score (nSPS) is 12.0. The Morgan fingerprint density at radius 1 is 0.373 bits per heavy atom. The van der Waals surface area contributed by atoms with Gasteiger partial charge in [-0.25, -0.2) is 14.8 Å². The van der Waals surface area contributed by atoms with Gasteiger partial charge in [-0.05, 0) is 119 Å². The first-order valence-electron chi connectivity index (χ1n) is 18.7. The Bertz CT molecular complexity index is 3580. The molecule has 0 amide bonds. The standard InChI is InChI=1S/C45H30N4O11S3.4Na/c50-45(51)29-3-1-25(2-4-29)41-33-17-19-35(46-33)42(26-5-11-30(12-6-26)61(52,53)54)37-21-23-39(48-37)44(28-9-15-32(16-10-28)63(58,59)60)40-24-22-38(49-40)43(36-20-18-34(41)47-36)27-7-13-31(14-8-27)62(55,56)57;;;;/h1-24,46,49H,(H,50,51)(H,52,53,54)(H,55,56,57)(H,58,59,60);;;;. The molecule has 0 fully saturated rings. The average molecular weight is 991 g/mol. The number of fused-ring (bicyclic) bond motifs is 8. The number of hydrogen-bond acceptors (Lipinski definition) is 9. The van der Waals surface area contributed by atoms with Crippen molar-refractivity contribution >= 4 is 201 Å². The largest absolute Gasteiger partial charge is 0.478 e. The Morgan fingerprint density at radius 3 is 0.806 bits per heavy atom. The maximum Gasteiger partial charge on any atom is 0.335 e. The molecule has 22 heteroatoms. The van der Waals surface area contributed by atoms with E-state index in [2.05, 4.69) is 9.97 Å². The predicted octanol–water partition coefficient (Wildman–Crippen LogP) is 7.24. The van der Waals surface area contributed by atoms with Gasteiger partial charge in [0.05, 0.1) is 43.0 Å². The maximum atomic E-state index is 12.0. The molecule has 67 heavy (non-hydrogen) atoms. The molecule has 0 saturated carbocycles. The number of carboxylic acid groups (broad SMARTS) is 1. The molecular weight excluding hydrogens is 961 g/mol. The van der Waals surface area contributed by atoms with Crippen LogP contribution in [0.2, 0.25) is 0 Å². The van der Waals surface area contributed by atoms with Crippen molar-refractivity contribution in [3.05, 3.63) is 150 Å². The Kier molecular flexibility index (Phi) is 17.4. The minimum atomic E-state index is -4.53. The second-order valence-electron chi connectivity index (χ2n) is 14.4. The van der Waals surface area contributed by atoms with Gasteiger partial charge in [0.2, 0.25) is 0 Å². The maximum absolute atomic E-state index is 12.0. The molecule has 2 aliphatic heterocycles. The molecule has 15 nitrogen and oxygen atoms in total. The number of aromatic amines is 2. The summed E-state index contributed by atoms with van der Waals surface area (Å²) in [4.78, 5) is 28.0. The molecule has 0 aliphatic carbocycles. The number of benzene rings is 4. The van der Waals surface area contributed by atoms with Gasteiger partial charge in [-0.15, -0.1) is 0 Å². The smallest absolute Gasteiger partial charge is 0.335 e. The molecule has 0 spiro atoms. The molecule has 4 radical (unpaired) electrons. The van der Waals surface area contributed by atoms with E-state index in [4.69, 9.17) is 9.97 Å². The summed E-state index contributed by atoms with van der Waals surface area (Å²) in [7, 11) is -13.6. The zero-order valence-corrected chi connectivity index (χ0v) is 46.6. The van der Waals surface area contributed by atoms with E-state index in [1.807, 2.05) is 6.07 Å². The summed E-state index contributed by atoms with van der Waals surface area (Å²) in [5.41, 5.74) is 8.19. The summed E-state index contributed by atoms with van der Waals surface area (Å²) in [5.74, 6) is -1.11. The number of rotatable bonds is 8. The number of nitrogens with zero attached hydrogens (tertiary/aromatic N) is 2. The molecule has 6 N–H and O–H groups in total. The van der Waals surface area contributed by atoms with E-state index in [9.17, 15) is 48.8 Å². The van der Waals surface area contributed by atoms with Crippen molar-refractivity contribution in [1.82, 2.24) is 19.9 Å². The third kappa shape index (κ3) is 11.3. The van der Waals surface area contributed by atoms with Crippen molar-refractivity contribution in [3.63, 3.8) is 0 Å². The molecule has 9 rings (SSSR count). The van der Waals surface area contributed by atoms with Crippen LogP contribution in [0.15, 0.2) is 136 Å². The Morgan fingerprint density at radius 2 is 0.597 bits per heavy atom. The molecule has 2 aliphatic rings. The quantitative estimate of drug-likeness (QED) is 0.0649. The van der Waals surface area contributed by atoms with Gasteiger partial charge >= 0.3 is 5.97 Å². The molecule has 8 bridgehead atoms. The number of carboxylic acids is 1. The summed E-state index contributed by atoms with van der Waals surface area (Å²) in [6.07, 6.45) is 7.06. The fourth-order valence-corrected chi connectivity index (χ4v) is 9.02. The number of hydrogen-bond donors (Lipinski definition) is 6. The summed E-state index contributed by atoms with van der Waals surface area (Å²) in [5, 5.41) is 9.68. The summed E-state index contributed by atoms with van der Waals surface area (Å²) >= 11 is 0. The second-order valence-corrected chi connectivity index (χ2v) is 18.6. The molecule has 3 aromatic heterocycles. The van der Waals surface area contributed by atoms with Crippen molar-refractivity contribution in [2.75, 3.05) is 0 Å². The van der Waals surface area contributed by atoms with Crippen LogP contribution in [0.1, 0.15) is 33.1 Å². The van der Waals surface area contributed by atoms with Crippen LogP contribution >= 0.6 is 0 Å². The molecule has 0 saturated heterocycles. The molecular formula is C45H30N4Na4O11S3. The minimum Gasteiger partial charge on any atom is -0.478 e. The van der Waals surface area contributed by atoms with E-state index in [0.29, 0.717) is 89.4 Å². The van der Waals surface area contributed by atoms with E-state index in [0.717, 1.165) is 0 Å². The van der Waals surface area contributed by atoms with Crippen LogP contribution in [0.3, 0.4) is 0 Å². The van der Waals surface area contributed by atoms with Gasteiger partial charge in [-0.1, -0.05) is 48.5 Å². The van der Waals surface area contributed by atoms with Crippen LogP contribution in [-0.2, 0) is 30.4 Å². The fourth-order valence-electron chi connectivity index (χ4n) is 7.58. The first-order chi connectivity index (χ1) is 29.9. The van der Waals surface area contributed by atoms with Crippen LogP contribution in [0.25, 0.3) is 90.9 Å². The van der Waals surface area contributed by atoms with Gasteiger partial charge in [-0.3, -0.25) is 13.7 Å². The Balaban J connectivity index is 0.00000210. The number of aromatic carboxylic acids is 1. The molecule has 4 aromatic carbocycles. The molecule has 5 heterocycles. The molecule has 0 atom stereocenters.